The molecule has 2 aromatic rings. The average molecular weight is 361 g/mol. The number of hydrogen-bond donors (Lipinski definition) is 2. The Kier molecular flexibility index (Phi) is 6.07. The molecule has 0 radical (unpaired) electrons. The summed E-state index contributed by atoms with van der Waals surface area (Å²) in [6.07, 6.45) is 1.42. The highest BCUT2D eigenvalue weighted by molar-refractivity contribution is 7.10. The summed E-state index contributed by atoms with van der Waals surface area (Å²) in [6, 6.07) is 9.15. The number of carbonyl (C=O) groups excluding carboxylic acids is 1. The van der Waals surface area contributed by atoms with Crippen molar-refractivity contribution in [2.75, 3.05) is 13.2 Å². The molecule has 1 aliphatic heterocycles. The lowest BCUT2D eigenvalue weighted by atomic mass is 10.1. The minimum absolute atomic E-state index is 0.00584. The number of amides is 1. The molecule has 0 saturated carbocycles. The molecule has 0 unspecified atom stereocenters. The lowest BCUT2D eigenvalue weighted by Crippen LogP contribution is -2.51. The zero-order valence-electron chi connectivity index (χ0n) is 14.2. The van der Waals surface area contributed by atoms with Crippen LogP contribution in [0.5, 0.6) is 5.75 Å². The van der Waals surface area contributed by atoms with Crippen molar-refractivity contribution >= 4 is 17.2 Å². The standard InChI is InChI=1S/C19H23NO4S/c1-2-16-9-14(12-25-16)19(22)20-17-7-8-23-11-18(17)24-15-5-3-13(10-21)4-6-15/h3-6,9,12,17-18,21H,2,7-8,10-11H2,1H3,(H,20,22)/t17-,18-/m1/s1. The van der Waals surface area contributed by atoms with Crippen LogP contribution in [0.1, 0.15) is 34.1 Å². The molecule has 5 nitrogen and oxygen atoms in total. The fourth-order valence-corrected chi connectivity index (χ4v) is 3.59. The summed E-state index contributed by atoms with van der Waals surface area (Å²) in [5, 5.41) is 14.1. The molecule has 6 heteroatoms. The molecule has 2 atom stereocenters. The van der Waals surface area contributed by atoms with Crippen LogP contribution < -0.4 is 10.1 Å². The molecule has 2 heterocycles. The molecule has 1 saturated heterocycles. The Balaban J connectivity index is 1.64. The first kappa shape index (κ1) is 17.9. The molecule has 0 bridgehead atoms. The number of benzene rings is 1. The van der Waals surface area contributed by atoms with Crippen molar-refractivity contribution < 1.29 is 19.4 Å². The fourth-order valence-electron chi connectivity index (χ4n) is 2.78. The highest BCUT2D eigenvalue weighted by atomic mass is 32.1. The number of rotatable bonds is 6. The van der Waals surface area contributed by atoms with Gasteiger partial charge in [-0.2, -0.15) is 0 Å². The number of hydrogen-bond acceptors (Lipinski definition) is 5. The smallest absolute Gasteiger partial charge is 0.252 e. The Morgan fingerprint density at radius 1 is 1.40 bits per heavy atom. The number of carbonyl (C=O) groups is 1. The van der Waals surface area contributed by atoms with Gasteiger partial charge in [0, 0.05) is 16.9 Å². The van der Waals surface area contributed by atoms with Crippen molar-refractivity contribution in [1.29, 1.82) is 0 Å². The minimum Gasteiger partial charge on any atom is -0.486 e. The zero-order chi connectivity index (χ0) is 17.6. The van der Waals surface area contributed by atoms with E-state index in [2.05, 4.69) is 12.2 Å². The van der Waals surface area contributed by atoms with Crippen LogP contribution in [0.3, 0.4) is 0 Å². The highest BCUT2D eigenvalue weighted by Crippen LogP contribution is 2.20. The number of aliphatic hydroxyl groups excluding tert-OH is 1. The van der Waals surface area contributed by atoms with Crippen LogP contribution in [-0.2, 0) is 17.8 Å². The van der Waals surface area contributed by atoms with Gasteiger partial charge in [0.1, 0.15) is 11.9 Å². The summed E-state index contributed by atoms with van der Waals surface area (Å²) in [6.45, 7) is 3.14. The van der Waals surface area contributed by atoms with E-state index in [-0.39, 0.29) is 24.7 Å². The van der Waals surface area contributed by atoms with Gasteiger partial charge in [-0.15, -0.1) is 11.3 Å². The van der Waals surface area contributed by atoms with Crippen LogP contribution in [0.15, 0.2) is 35.7 Å². The lowest BCUT2D eigenvalue weighted by Gasteiger charge is -2.32. The lowest BCUT2D eigenvalue weighted by molar-refractivity contribution is -0.0135. The van der Waals surface area contributed by atoms with E-state index in [1.54, 1.807) is 11.3 Å². The molecule has 134 valence electrons. The summed E-state index contributed by atoms with van der Waals surface area (Å²) in [5.74, 6) is 0.642. The second kappa shape index (κ2) is 8.47. The predicted octanol–water partition coefficient (Wildman–Crippen LogP) is 2.77. The SMILES string of the molecule is CCc1cc(C(=O)N[C@@H]2CCOC[C@H]2Oc2ccc(CO)cc2)cs1. The third kappa shape index (κ3) is 4.60. The number of nitrogens with one attached hydrogen (secondary N) is 1. The second-order valence-corrected chi connectivity index (χ2v) is 7.05. The van der Waals surface area contributed by atoms with Crippen LogP contribution in [0.25, 0.3) is 0 Å². The van der Waals surface area contributed by atoms with E-state index in [0.717, 1.165) is 18.4 Å². The van der Waals surface area contributed by atoms with Gasteiger partial charge in [-0.05, 0) is 36.6 Å². The van der Waals surface area contributed by atoms with Crippen molar-refractivity contribution in [1.82, 2.24) is 5.32 Å². The maximum atomic E-state index is 12.5. The molecule has 0 aliphatic carbocycles. The van der Waals surface area contributed by atoms with Gasteiger partial charge in [-0.25, -0.2) is 0 Å². The summed E-state index contributed by atoms with van der Waals surface area (Å²) in [4.78, 5) is 13.7. The van der Waals surface area contributed by atoms with Crippen LogP contribution >= 0.6 is 11.3 Å². The molecule has 25 heavy (non-hydrogen) atoms. The van der Waals surface area contributed by atoms with E-state index < -0.39 is 0 Å². The van der Waals surface area contributed by atoms with Crippen LogP contribution in [0.4, 0.5) is 0 Å². The molecule has 1 fully saturated rings. The summed E-state index contributed by atoms with van der Waals surface area (Å²) in [7, 11) is 0. The first-order valence-electron chi connectivity index (χ1n) is 8.52. The quantitative estimate of drug-likeness (QED) is 0.830. The van der Waals surface area contributed by atoms with Crippen LogP contribution in [-0.4, -0.2) is 36.4 Å². The Morgan fingerprint density at radius 3 is 2.88 bits per heavy atom. The van der Waals surface area contributed by atoms with Gasteiger partial charge in [-0.1, -0.05) is 19.1 Å². The van der Waals surface area contributed by atoms with Gasteiger partial charge in [-0.3, -0.25) is 4.79 Å². The van der Waals surface area contributed by atoms with Gasteiger partial charge in [0.2, 0.25) is 0 Å². The van der Waals surface area contributed by atoms with Crippen molar-refractivity contribution in [2.24, 2.45) is 0 Å². The predicted molar refractivity (Wildman–Crippen MR) is 97.2 cm³/mol. The summed E-state index contributed by atoms with van der Waals surface area (Å²) < 4.78 is 11.5. The van der Waals surface area contributed by atoms with Crippen LogP contribution in [0, 0.1) is 0 Å². The second-order valence-electron chi connectivity index (χ2n) is 6.06. The monoisotopic (exact) mass is 361 g/mol. The van der Waals surface area contributed by atoms with Crippen molar-refractivity contribution in [3.05, 3.63) is 51.7 Å². The van der Waals surface area contributed by atoms with Crippen molar-refractivity contribution in [3.63, 3.8) is 0 Å². The molecule has 0 spiro atoms. The minimum atomic E-state index is -0.234. The Hall–Kier alpha value is -1.89. The molecule has 1 aliphatic rings. The van der Waals surface area contributed by atoms with Crippen molar-refractivity contribution in [3.8, 4) is 5.75 Å². The normalized spacial score (nSPS) is 20.2. The molecule has 1 aromatic heterocycles. The number of aliphatic hydroxyl groups is 1. The number of aryl methyl sites for hydroxylation is 1. The third-order valence-electron chi connectivity index (χ3n) is 4.28. The largest absolute Gasteiger partial charge is 0.486 e. The third-order valence-corrected chi connectivity index (χ3v) is 5.36. The molecule has 2 N–H and O–H groups in total. The molecule has 1 aromatic carbocycles. The first-order chi connectivity index (χ1) is 12.2. The molecular formula is C19H23NO4S. The molecular weight excluding hydrogens is 338 g/mol. The summed E-state index contributed by atoms with van der Waals surface area (Å²) in [5.41, 5.74) is 1.54. The van der Waals surface area contributed by atoms with E-state index in [1.165, 1.54) is 4.88 Å². The topological polar surface area (TPSA) is 67.8 Å². The Labute approximate surface area is 151 Å². The van der Waals surface area contributed by atoms with Crippen molar-refractivity contribution in [2.45, 2.75) is 38.5 Å². The Bertz CT molecular complexity index is 698. The Morgan fingerprint density at radius 2 is 2.20 bits per heavy atom. The summed E-state index contributed by atoms with van der Waals surface area (Å²) >= 11 is 1.61. The molecule has 3 rings (SSSR count). The number of thiophene rings is 1. The first-order valence-corrected chi connectivity index (χ1v) is 9.40. The van der Waals surface area contributed by atoms with Gasteiger partial charge in [0.15, 0.2) is 0 Å². The van der Waals surface area contributed by atoms with E-state index in [1.807, 2.05) is 35.7 Å². The van der Waals surface area contributed by atoms with Gasteiger partial charge >= 0.3 is 0 Å². The zero-order valence-corrected chi connectivity index (χ0v) is 15.1. The van der Waals surface area contributed by atoms with Gasteiger partial charge in [0.25, 0.3) is 5.91 Å². The number of ether oxygens (including phenoxy) is 2. The van der Waals surface area contributed by atoms with E-state index in [4.69, 9.17) is 14.6 Å². The fraction of sp³-hybridized carbons (Fsp3) is 0.421. The van der Waals surface area contributed by atoms with Gasteiger partial charge < -0.3 is 19.9 Å². The van der Waals surface area contributed by atoms with E-state index in [9.17, 15) is 4.79 Å². The maximum absolute atomic E-state index is 12.5. The van der Waals surface area contributed by atoms with Gasteiger partial charge in [0.05, 0.1) is 24.8 Å². The molecule has 1 amide bonds. The van der Waals surface area contributed by atoms with E-state index in [0.29, 0.717) is 24.5 Å². The average Bonchev–Trinajstić information content (AvgIpc) is 3.13. The highest BCUT2D eigenvalue weighted by Gasteiger charge is 2.29. The maximum Gasteiger partial charge on any atom is 0.252 e. The van der Waals surface area contributed by atoms with Crippen LogP contribution in [0.2, 0.25) is 0 Å². The van der Waals surface area contributed by atoms with E-state index >= 15 is 0 Å².